The van der Waals surface area contributed by atoms with Gasteiger partial charge in [0.15, 0.2) is 0 Å². The number of para-hydroxylation sites is 3. The van der Waals surface area contributed by atoms with Gasteiger partial charge in [0.2, 0.25) is 0 Å². The zero-order valence-electron chi connectivity index (χ0n) is 31.7. The zero-order chi connectivity index (χ0) is 38.4. The van der Waals surface area contributed by atoms with Crippen molar-refractivity contribution in [2.24, 2.45) is 0 Å². The van der Waals surface area contributed by atoms with Gasteiger partial charge in [-0.1, -0.05) is 188 Å². The maximum Gasteiger partial charge on any atom is 0.143 e. The summed E-state index contributed by atoms with van der Waals surface area (Å²) < 4.78 is 6.60. The second kappa shape index (κ2) is 14.1. The van der Waals surface area contributed by atoms with E-state index in [9.17, 15) is 0 Å². The van der Waals surface area contributed by atoms with Gasteiger partial charge >= 0.3 is 0 Å². The first kappa shape index (κ1) is 33.6. The number of benzene rings is 10. The third kappa shape index (κ3) is 5.74. The van der Waals surface area contributed by atoms with Crippen molar-refractivity contribution < 1.29 is 4.42 Å². The molecule has 0 saturated carbocycles. The Balaban J connectivity index is 1.06. The van der Waals surface area contributed by atoms with Gasteiger partial charge in [-0.15, -0.1) is 0 Å². The normalized spacial score (nSPS) is 11.4. The molecule has 0 spiro atoms. The first-order chi connectivity index (χ1) is 28.8. The third-order valence-corrected chi connectivity index (χ3v) is 11.5. The zero-order valence-corrected chi connectivity index (χ0v) is 31.7. The van der Waals surface area contributed by atoms with Crippen LogP contribution < -0.4 is 4.90 Å². The maximum atomic E-state index is 6.60. The lowest BCUT2D eigenvalue weighted by atomic mass is 9.91. The van der Waals surface area contributed by atoms with Crippen LogP contribution in [0.2, 0.25) is 0 Å². The van der Waals surface area contributed by atoms with E-state index in [2.05, 4.69) is 223 Å². The van der Waals surface area contributed by atoms with Crippen LogP contribution in [0.4, 0.5) is 17.1 Å². The van der Waals surface area contributed by atoms with Gasteiger partial charge < -0.3 is 9.32 Å². The summed E-state index contributed by atoms with van der Waals surface area (Å²) in [5, 5.41) is 7.22. The fourth-order valence-electron chi connectivity index (χ4n) is 8.77. The standard InChI is InChI=1S/C56H37NO/c1-3-18-44-38(14-1)16-11-24-45(44)40-30-34-42(35-31-40)57(54-28-9-7-22-50(54)52-26-13-27-53-51-23-8-10-29-55(51)58-56(52)53)43-36-32-41(33-37-43)47-20-5-6-21-48(47)49-25-12-17-39-15-2-4-19-46(39)49/h1-37H. The molecule has 0 aliphatic rings. The Bertz CT molecular complexity index is 3270. The summed E-state index contributed by atoms with van der Waals surface area (Å²) in [6.07, 6.45) is 0. The number of nitrogens with zero attached hydrogens (tertiary/aromatic N) is 1. The van der Waals surface area contributed by atoms with Crippen molar-refractivity contribution in [2.45, 2.75) is 0 Å². The molecule has 0 amide bonds. The molecule has 0 aliphatic heterocycles. The van der Waals surface area contributed by atoms with Crippen molar-refractivity contribution >= 4 is 60.5 Å². The molecule has 0 radical (unpaired) electrons. The molecular formula is C56H37NO. The van der Waals surface area contributed by atoms with Gasteiger partial charge in [0.25, 0.3) is 0 Å². The van der Waals surface area contributed by atoms with E-state index in [-0.39, 0.29) is 0 Å². The molecule has 0 unspecified atom stereocenters. The van der Waals surface area contributed by atoms with Crippen LogP contribution in [0.1, 0.15) is 0 Å². The fraction of sp³-hybridized carbons (Fsp3) is 0. The van der Waals surface area contributed by atoms with Gasteiger partial charge in [-0.25, -0.2) is 0 Å². The SMILES string of the molecule is c1ccc(-c2cccc3ccccc23)c(-c2ccc(N(c3ccc(-c4cccc5ccccc45)cc3)c3ccccc3-c3cccc4c3oc3ccccc34)cc2)c1. The van der Waals surface area contributed by atoms with E-state index < -0.39 is 0 Å². The lowest BCUT2D eigenvalue weighted by molar-refractivity contribution is 0.670. The van der Waals surface area contributed by atoms with Gasteiger partial charge in [0, 0.05) is 33.3 Å². The van der Waals surface area contributed by atoms with E-state index in [0.29, 0.717) is 0 Å². The van der Waals surface area contributed by atoms with E-state index in [4.69, 9.17) is 4.42 Å². The monoisotopic (exact) mass is 739 g/mol. The van der Waals surface area contributed by atoms with Crippen molar-refractivity contribution in [1.82, 2.24) is 0 Å². The summed E-state index contributed by atoms with van der Waals surface area (Å²) in [6.45, 7) is 0. The van der Waals surface area contributed by atoms with E-state index in [0.717, 1.165) is 50.1 Å². The number of fused-ring (bicyclic) bond motifs is 5. The molecular weight excluding hydrogens is 703 g/mol. The molecule has 0 fully saturated rings. The minimum atomic E-state index is 0.891. The first-order valence-corrected chi connectivity index (χ1v) is 19.8. The average Bonchev–Trinajstić information content (AvgIpc) is 3.69. The Morgan fingerprint density at radius 1 is 0.276 bits per heavy atom. The third-order valence-electron chi connectivity index (χ3n) is 11.5. The Morgan fingerprint density at radius 2 is 0.724 bits per heavy atom. The molecule has 1 heterocycles. The van der Waals surface area contributed by atoms with Crippen LogP contribution in [-0.4, -0.2) is 0 Å². The van der Waals surface area contributed by atoms with Crippen molar-refractivity contribution in [1.29, 1.82) is 0 Å². The molecule has 11 rings (SSSR count). The molecule has 11 aromatic rings. The van der Waals surface area contributed by atoms with Crippen LogP contribution in [0.15, 0.2) is 229 Å². The summed E-state index contributed by atoms with van der Waals surface area (Å²) in [4.78, 5) is 2.38. The molecule has 0 N–H and O–H groups in total. The second-order valence-electron chi connectivity index (χ2n) is 14.8. The number of rotatable bonds is 7. The van der Waals surface area contributed by atoms with E-state index in [1.54, 1.807) is 0 Å². The number of anilines is 3. The van der Waals surface area contributed by atoms with Crippen molar-refractivity contribution in [3.63, 3.8) is 0 Å². The molecule has 2 heteroatoms. The Labute approximate surface area is 337 Å². The van der Waals surface area contributed by atoms with Crippen molar-refractivity contribution in [3.8, 4) is 44.5 Å². The van der Waals surface area contributed by atoms with Gasteiger partial charge in [-0.2, -0.15) is 0 Å². The van der Waals surface area contributed by atoms with Crippen LogP contribution in [-0.2, 0) is 0 Å². The number of hydrogen-bond donors (Lipinski definition) is 0. The number of hydrogen-bond acceptors (Lipinski definition) is 2. The smallest absolute Gasteiger partial charge is 0.143 e. The predicted octanol–water partition coefficient (Wildman–Crippen LogP) is 16.0. The molecule has 0 bridgehead atoms. The van der Waals surface area contributed by atoms with E-state index in [1.807, 2.05) is 6.07 Å². The van der Waals surface area contributed by atoms with Crippen LogP contribution in [0.25, 0.3) is 88.0 Å². The predicted molar refractivity (Wildman–Crippen MR) is 245 cm³/mol. The number of furan rings is 1. The highest BCUT2D eigenvalue weighted by molar-refractivity contribution is 6.11. The van der Waals surface area contributed by atoms with Gasteiger partial charge in [-0.3, -0.25) is 0 Å². The minimum absolute atomic E-state index is 0.891. The molecule has 2 nitrogen and oxygen atoms in total. The summed E-state index contributed by atoms with van der Waals surface area (Å²) in [5.74, 6) is 0. The van der Waals surface area contributed by atoms with E-state index >= 15 is 0 Å². The fourth-order valence-corrected chi connectivity index (χ4v) is 8.77. The molecule has 0 atom stereocenters. The Hall–Kier alpha value is -7.68. The van der Waals surface area contributed by atoms with Gasteiger partial charge in [0.1, 0.15) is 11.2 Å². The highest BCUT2D eigenvalue weighted by atomic mass is 16.3. The van der Waals surface area contributed by atoms with Gasteiger partial charge in [0.05, 0.1) is 5.69 Å². The summed E-state index contributed by atoms with van der Waals surface area (Å²) in [5.41, 5.74) is 14.4. The highest BCUT2D eigenvalue weighted by Crippen LogP contribution is 2.45. The van der Waals surface area contributed by atoms with Crippen LogP contribution >= 0.6 is 0 Å². The van der Waals surface area contributed by atoms with Crippen molar-refractivity contribution in [2.75, 3.05) is 4.90 Å². The highest BCUT2D eigenvalue weighted by Gasteiger charge is 2.21. The van der Waals surface area contributed by atoms with Crippen LogP contribution in [0, 0.1) is 0 Å². The lowest BCUT2D eigenvalue weighted by Gasteiger charge is -2.28. The van der Waals surface area contributed by atoms with Crippen LogP contribution in [0.5, 0.6) is 0 Å². The van der Waals surface area contributed by atoms with E-state index in [1.165, 1.54) is 54.9 Å². The first-order valence-electron chi connectivity index (χ1n) is 19.8. The second-order valence-corrected chi connectivity index (χ2v) is 14.8. The topological polar surface area (TPSA) is 16.4 Å². The molecule has 0 saturated heterocycles. The molecule has 1 aromatic heterocycles. The maximum absolute atomic E-state index is 6.60. The molecule has 272 valence electrons. The Morgan fingerprint density at radius 3 is 1.43 bits per heavy atom. The Kier molecular flexibility index (Phi) is 8.19. The summed E-state index contributed by atoms with van der Waals surface area (Å²) in [6, 6.07) is 80.6. The lowest BCUT2D eigenvalue weighted by Crippen LogP contribution is -2.11. The average molecular weight is 740 g/mol. The summed E-state index contributed by atoms with van der Waals surface area (Å²) in [7, 11) is 0. The molecule has 0 aliphatic carbocycles. The van der Waals surface area contributed by atoms with Crippen LogP contribution in [0.3, 0.4) is 0 Å². The minimum Gasteiger partial charge on any atom is -0.455 e. The molecule has 58 heavy (non-hydrogen) atoms. The largest absolute Gasteiger partial charge is 0.455 e. The summed E-state index contributed by atoms with van der Waals surface area (Å²) >= 11 is 0. The molecule has 10 aromatic carbocycles. The van der Waals surface area contributed by atoms with Gasteiger partial charge in [-0.05, 0) is 91.3 Å². The quantitative estimate of drug-likeness (QED) is 0.162. The van der Waals surface area contributed by atoms with Crippen molar-refractivity contribution in [3.05, 3.63) is 224 Å².